The molecule has 156 valence electrons. The van der Waals surface area contributed by atoms with Crippen LogP contribution in [0.25, 0.3) is 0 Å². The van der Waals surface area contributed by atoms with Crippen LogP contribution in [0.4, 0.5) is 4.79 Å². The van der Waals surface area contributed by atoms with E-state index in [0.29, 0.717) is 6.42 Å². The van der Waals surface area contributed by atoms with Crippen molar-refractivity contribution in [2.75, 3.05) is 0 Å². The first-order chi connectivity index (χ1) is 13.0. The van der Waals surface area contributed by atoms with Crippen LogP contribution < -0.4 is 16.4 Å². The Morgan fingerprint density at radius 3 is 1.52 bits per heavy atom. The fourth-order valence-electron chi connectivity index (χ4n) is 3.73. The normalized spacial score (nSPS) is 19.1. The predicted molar refractivity (Wildman–Crippen MR) is 108 cm³/mol. The van der Waals surface area contributed by atoms with Crippen molar-refractivity contribution >= 4 is 17.8 Å². The second-order valence-electron chi connectivity index (χ2n) is 7.88. The molecular formula is C21H39N3O3. The Morgan fingerprint density at radius 2 is 1.19 bits per heavy atom. The zero-order valence-electron chi connectivity index (χ0n) is 17.1. The highest BCUT2D eigenvalue weighted by atomic mass is 16.2. The Bertz CT molecular complexity index is 468. The van der Waals surface area contributed by atoms with Gasteiger partial charge in [-0.05, 0) is 6.42 Å². The molecule has 1 heterocycles. The molecule has 1 fully saturated rings. The van der Waals surface area contributed by atoms with E-state index in [-0.39, 0.29) is 6.42 Å². The third kappa shape index (κ3) is 8.76. The Balaban J connectivity index is 1.94. The third-order valence-electron chi connectivity index (χ3n) is 5.52. The van der Waals surface area contributed by atoms with Crippen molar-refractivity contribution in [3.8, 4) is 0 Å². The monoisotopic (exact) mass is 381 g/mol. The van der Waals surface area contributed by atoms with Gasteiger partial charge < -0.3 is 11.1 Å². The van der Waals surface area contributed by atoms with Crippen LogP contribution in [0.15, 0.2) is 0 Å². The molecule has 1 rings (SSSR count). The van der Waals surface area contributed by atoms with E-state index in [4.69, 9.17) is 5.73 Å². The van der Waals surface area contributed by atoms with Gasteiger partial charge in [-0.2, -0.15) is 0 Å². The molecule has 0 radical (unpaired) electrons. The molecule has 27 heavy (non-hydrogen) atoms. The van der Waals surface area contributed by atoms with Gasteiger partial charge in [-0.3, -0.25) is 14.9 Å². The van der Waals surface area contributed by atoms with Crippen molar-refractivity contribution in [1.82, 2.24) is 10.6 Å². The molecule has 0 spiro atoms. The number of hydrogen-bond acceptors (Lipinski definition) is 3. The van der Waals surface area contributed by atoms with Crippen LogP contribution >= 0.6 is 0 Å². The number of hydrogen-bond donors (Lipinski definition) is 3. The molecule has 6 nitrogen and oxygen atoms in total. The summed E-state index contributed by atoms with van der Waals surface area (Å²) in [5.74, 6) is -1.40. The standard InChI is InChI=1S/C21H39N3O3/c1-2-3-4-5-6-7-8-9-10-11-12-13-14-15-16-17-21(18(22)25)19(26)23-20(27)24-21/h2-17H2,1H3,(H2,22,25)(H2,23,24,26,27). The van der Waals surface area contributed by atoms with Crippen LogP contribution in [0, 0.1) is 0 Å². The molecule has 0 aromatic rings. The SMILES string of the molecule is CCCCCCCCCCCCCCCCCC1(C(N)=O)NC(=O)NC1=O. The maximum absolute atomic E-state index is 11.8. The Morgan fingerprint density at radius 1 is 0.778 bits per heavy atom. The summed E-state index contributed by atoms with van der Waals surface area (Å²) in [6, 6.07) is -0.639. The predicted octanol–water partition coefficient (Wildman–Crippen LogP) is 4.31. The minimum absolute atomic E-state index is 0.276. The van der Waals surface area contributed by atoms with Crippen LogP contribution in [0.3, 0.4) is 0 Å². The number of nitrogens with two attached hydrogens (primary N) is 1. The fourth-order valence-corrected chi connectivity index (χ4v) is 3.73. The van der Waals surface area contributed by atoms with Crippen LogP contribution in [-0.4, -0.2) is 23.4 Å². The number of unbranched alkanes of at least 4 members (excludes halogenated alkanes) is 14. The molecule has 6 heteroatoms. The minimum Gasteiger partial charge on any atom is -0.367 e. The molecule has 1 saturated heterocycles. The number of carbonyl (C=O) groups excluding carboxylic acids is 3. The van der Waals surface area contributed by atoms with E-state index in [1.807, 2.05) is 0 Å². The minimum atomic E-state index is -1.55. The van der Waals surface area contributed by atoms with Gasteiger partial charge in [0.05, 0.1) is 0 Å². The van der Waals surface area contributed by atoms with E-state index >= 15 is 0 Å². The highest BCUT2D eigenvalue weighted by molar-refractivity contribution is 6.19. The second kappa shape index (κ2) is 13.6. The highest BCUT2D eigenvalue weighted by Gasteiger charge is 2.50. The zero-order chi connectivity index (χ0) is 20.0. The number of carbonyl (C=O) groups is 3. The van der Waals surface area contributed by atoms with Crippen LogP contribution in [0.1, 0.15) is 110 Å². The first-order valence-electron chi connectivity index (χ1n) is 11.0. The summed E-state index contributed by atoms with van der Waals surface area (Å²) >= 11 is 0. The average Bonchev–Trinajstić information content (AvgIpc) is 2.93. The van der Waals surface area contributed by atoms with Crippen molar-refractivity contribution in [2.24, 2.45) is 5.73 Å². The van der Waals surface area contributed by atoms with E-state index < -0.39 is 23.4 Å². The number of rotatable bonds is 17. The van der Waals surface area contributed by atoms with E-state index in [1.165, 1.54) is 77.0 Å². The molecule has 0 aromatic carbocycles. The first kappa shape index (κ1) is 23.4. The largest absolute Gasteiger partial charge is 0.367 e. The van der Waals surface area contributed by atoms with Gasteiger partial charge in [0.15, 0.2) is 5.54 Å². The van der Waals surface area contributed by atoms with Crippen LogP contribution in [0.2, 0.25) is 0 Å². The third-order valence-corrected chi connectivity index (χ3v) is 5.52. The van der Waals surface area contributed by atoms with Gasteiger partial charge in [0, 0.05) is 0 Å². The molecule has 0 bridgehead atoms. The van der Waals surface area contributed by atoms with Gasteiger partial charge in [-0.25, -0.2) is 4.79 Å². The van der Waals surface area contributed by atoms with E-state index in [9.17, 15) is 14.4 Å². The zero-order valence-corrected chi connectivity index (χ0v) is 17.1. The number of nitrogens with one attached hydrogen (secondary N) is 2. The molecule has 1 atom stereocenters. The number of primary amides is 1. The lowest BCUT2D eigenvalue weighted by atomic mass is 9.91. The van der Waals surface area contributed by atoms with Crippen LogP contribution in [-0.2, 0) is 9.59 Å². The lowest BCUT2D eigenvalue weighted by Gasteiger charge is -2.21. The Kier molecular flexibility index (Phi) is 11.8. The molecule has 4 N–H and O–H groups in total. The van der Waals surface area contributed by atoms with Crippen molar-refractivity contribution in [2.45, 2.75) is 115 Å². The highest BCUT2D eigenvalue weighted by Crippen LogP contribution is 2.20. The van der Waals surface area contributed by atoms with E-state index in [1.54, 1.807) is 0 Å². The topological polar surface area (TPSA) is 101 Å². The van der Waals surface area contributed by atoms with Gasteiger partial charge in [0.2, 0.25) is 0 Å². The number of imide groups is 1. The molecule has 1 unspecified atom stereocenters. The van der Waals surface area contributed by atoms with Crippen molar-refractivity contribution < 1.29 is 14.4 Å². The summed E-state index contributed by atoms with van der Waals surface area (Å²) in [6.45, 7) is 2.25. The summed E-state index contributed by atoms with van der Waals surface area (Å²) in [4.78, 5) is 34.7. The molecular weight excluding hydrogens is 342 g/mol. The molecule has 1 aliphatic heterocycles. The lowest BCUT2D eigenvalue weighted by Crippen LogP contribution is -2.57. The summed E-state index contributed by atoms with van der Waals surface area (Å²) in [5.41, 5.74) is 3.78. The fraction of sp³-hybridized carbons (Fsp3) is 0.857. The van der Waals surface area contributed by atoms with Crippen LogP contribution in [0.5, 0.6) is 0 Å². The quantitative estimate of drug-likeness (QED) is 0.199. The van der Waals surface area contributed by atoms with Gasteiger partial charge >= 0.3 is 6.03 Å². The maximum atomic E-state index is 11.8. The van der Waals surface area contributed by atoms with Gasteiger partial charge in [-0.1, -0.05) is 103 Å². The van der Waals surface area contributed by atoms with Crippen molar-refractivity contribution in [1.29, 1.82) is 0 Å². The first-order valence-corrected chi connectivity index (χ1v) is 11.0. The number of urea groups is 1. The smallest absolute Gasteiger partial charge is 0.322 e. The van der Waals surface area contributed by atoms with E-state index in [2.05, 4.69) is 17.6 Å². The molecule has 0 saturated carbocycles. The number of amides is 4. The molecule has 0 aliphatic carbocycles. The molecule has 4 amide bonds. The summed E-state index contributed by atoms with van der Waals surface area (Å²) in [6.07, 6.45) is 19.0. The van der Waals surface area contributed by atoms with Gasteiger partial charge in [0.25, 0.3) is 11.8 Å². The molecule has 0 aromatic heterocycles. The summed E-state index contributed by atoms with van der Waals surface area (Å²) < 4.78 is 0. The average molecular weight is 382 g/mol. The molecule has 1 aliphatic rings. The Labute approximate surface area is 164 Å². The van der Waals surface area contributed by atoms with Crippen molar-refractivity contribution in [3.05, 3.63) is 0 Å². The Hall–Kier alpha value is -1.59. The summed E-state index contributed by atoms with van der Waals surface area (Å²) in [5, 5.41) is 4.49. The van der Waals surface area contributed by atoms with Gasteiger partial charge in [0.1, 0.15) is 0 Å². The van der Waals surface area contributed by atoms with Crippen molar-refractivity contribution in [3.63, 3.8) is 0 Å². The van der Waals surface area contributed by atoms with E-state index in [0.717, 1.165) is 12.8 Å². The summed E-state index contributed by atoms with van der Waals surface area (Å²) in [7, 11) is 0. The lowest BCUT2D eigenvalue weighted by molar-refractivity contribution is -0.134. The second-order valence-corrected chi connectivity index (χ2v) is 7.88. The maximum Gasteiger partial charge on any atom is 0.322 e. The van der Waals surface area contributed by atoms with Gasteiger partial charge in [-0.15, -0.1) is 0 Å².